The minimum Gasteiger partial charge on any atom is -0.479 e. The van der Waals surface area contributed by atoms with Crippen LogP contribution in [-0.4, -0.2) is 57.0 Å². The van der Waals surface area contributed by atoms with Crippen molar-refractivity contribution in [1.82, 2.24) is 14.7 Å². The molecule has 1 aliphatic rings. The Morgan fingerprint density at radius 1 is 1.55 bits per heavy atom. The fourth-order valence-corrected chi connectivity index (χ4v) is 2.28. The number of hydrogen-bond donors (Lipinski definition) is 1. The van der Waals surface area contributed by atoms with Gasteiger partial charge >= 0.3 is 5.97 Å². The molecule has 110 valence electrons. The van der Waals surface area contributed by atoms with E-state index in [-0.39, 0.29) is 25.0 Å². The fourth-order valence-electron chi connectivity index (χ4n) is 2.12. The molecule has 1 aliphatic heterocycles. The predicted octanol–water partition coefficient (Wildman–Crippen LogP) is 0.627. The molecule has 1 saturated heterocycles. The van der Waals surface area contributed by atoms with Crippen LogP contribution in [0.1, 0.15) is 13.3 Å². The highest BCUT2D eigenvalue weighted by Gasteiger charge is 2.32. The van der Waals surface area contributed by atoms with E-state index in [0.717, 1.165) is 0 Å². The van der Waals surface area contributed by atoms with Crippen molar-refractivity contribution in [2.75, 3.05) is 13.1 Å². The Bertz CT molecular complexity index is 505. The number of amides is 1. The Morgan fingerprint density at radius 3 is 2.90 bits per heavy atom. The number of carbonyl (C=O) groups excluding carboxylic acids is 1. The highest BCUT2D eigenvalue weighted by atomic mass is 35.5. The Labute approximate surface area is 121 Å². The minimum atomic E-state index is -1.05. The summed E-state index contributed by atoms with van der Waals surface area (Å²) in [6.07, 6.45) is 2.15. The van der Waals surface area contributed by atoms with Crippen LogP contribution < -0.4 is 0 Å². The molecule has 0 unspecified atom stereocenters. The molecule has 20 heavy (non-hydrogen) atoms. The van der Waals surface area contributed by atoms with E-state index in [1.807, 2.05) is 0 Å². The van der Waals surface area contributed by atoms with Crippen LogP contribution in [0.15, 0.2) is 12.4 Å². The SMILES string of the molecule is C[C@@H]1CN(C(=O)CCn2cc(Cl)cn2)C[C@H](C(=O)O)O1. The lowest BCUT2D eigenvalue weighted by molar-refractivity contribution is -0.166. The number of carboxylic acid groups (broad SMARTS) is 1. The monoisotopic (exact) mass is 301 g/mol. The summed E-state index contributed by atoms with van der Waals surface area (Å²) < 4.78 is 6.85. The molecule has 0 spiro atoms. The third kappa shape index (κ3) is 3.71. The van der Waals surface area contributed by atoms with E-state index >= 15 is 0 Å². The van der Waals surface area contributed by atoms with E-state index < -0.39 is 12.1 Å². The zero-order valence-corrected chi connectivity index (χ0v) is 11.8. The van der Waals surface area contributed by atoms with E-state index in [1.54, 1.807) is 17.8 Å². The summed E-state index contributed by atoms with van der Waals surface area (Å²) >= 11 is 5.74. The molecule has 0 bridgehead atoms. The fraction of sp³-hybridized carbons (Fsp3) is 0.583. The van der Waals surface area contributed by atoms with Crippen molar-refractivity contribution in [3.05, 3.63) is 17.4 Å². The maximum absolute atomic E-state index is 12.1. The lowest BCUT2D eigenvalue weighted by Crippen LogP contribution is -2.51. The zero-order valence-electron chi connectivity index (χ0n) is 11.0. The molecule has 8 heteroatoms. The summed E-state index contributed by atoms with van der Waals surface area (Å²) in [6.45, 7) is 2.65. The number of aryl methyl sites for hydroxylation is 1. The van der Waals surface area contributed by atoms with Crippen molar-refractivity contribution in [3.8, 4) is 0 Å². The Balaban J connectivity index is 1.89. The number of ether oxygens (including phenoxy) is 1. The van der Waals surface area contributed by atoms with Gasteiger partial charge in [-0.15, -0.1) is 0 Å². The van der Waals surface area contributed by atoms with Crippen molar-refractivity contribution < 1.29 is 19.4 Å². The molecule has 0 aromatic carbocycles. The van der Waals surface area contributed by atoms with Gasteiger partial charge in [-0.25, -0.2) is 4.79 Å². The third-order valence-corrected chi connectivity index (χ3v) is 3.24. The largest absolute Gasteiger partial charge is 0.479 e. The summed E-state index contributed by atoms with van der Waals surface area (Å²) in [5.41, 5.74) is 0. The van der Waals surface area contributed by atoms with Gasteiger partial charge in [-0.2, -0.15) is 5.10 Å². The average Bonchev–Trinajstić information content (AvgIpc) is 2.81. The predicted molar refractivity (Wildman–Crippen MR) is 70.4 cm³/mol. The Kier molecular flexibility index (Phi) is 4.61. The van der Waals surface area contributed by atoms with Crippen molar-refractivity contribution in [2.45, 2.75) is 32.1 Å². The van der Waals surface area contributed by atoms with Crippen LogP contribution in [0, 0.1) is 0 Å². The second-order valence-corrected chi connectivity index (χ2v) is 5.18. The molecule has 0 radical (unpaired) electrons. The van der Waals surface area contributed by atoms with Crippen molar-refractivity contribution in [2.24, 2.45) is 0 Å². The first-order valence-electron chi connectivity index (χ1n) is 6.29. The molecule has 0 aliphatic carbocycles. The normalized spacial score (nSPS) is 22.8. The van der Waals surface area contributed by atoms with Gasteiger partial charge in [0.25, 0.3) is 0 Å². The molecule has 2 atom stereocenters. The lowest BCUT2D eigenvalue weighted by Gasteiger charge is -2.35. The van der Waals surface area contributed by atoms with Crippen LogP contribution in [-0.2, 0) is 20.9 Å². The van der Waals surface area contributed by atoms with E-state index in [2.05, 4.69) is 5.10 Å². The number of rotatable bonds is 4. The van der Waals surface area contributed by atoms with Gasteiger partial charge in [-0.3, -0.25) is 9.48 Å². The molecule has 2 heterocycles. The average molecular weight is 302 g/mol. The molecular weight excluding hydrogens is 286 g/mol. The van der Waals surface area contributed by atoms with Crippen LogP contribution in [0.5, 0.6) is 0 Å². The van der Waals surface area contributed by atoms with Crippen molar-refractivity contribution in [3.63, 3.8) is 0 Å². The maximum atomic E-state index is 12.1. The standard InChI is InChI=1S/C12H16ClN3O4/c1-8-5-15(7-10(20-8)12(18)19)11(17)2-3-16-6-9(13)4-14-16/h4,6,8,10H,2-3,5,7H2,1H3,(H,18,19)/t8-,10-/m1/s1. The van der Waals surface area contributed by atoms with Gasteiger partial charge in [0.2, 0.25) is 5.91 Å². The van der Waals surface area contributed by atoms with Gasteiger partial charge in [0.05, 0.1) is 23.9 Å². The number of halogens is 1. The second kappa shape index (κ2) is 6.23. The number of morpholine rings is 1. The summed E-state index contributed by atoms with van der Waals surface area (Å²) in [7, 11) is 0. The Morgan fingerprint density at radius 2 is 2.30 bits per heavy atom. The minimum absolute atomic E-state index is 0.0817. The van der Waals surface area contributed by atoms with Crippen LogP contribution in [0.4, 0.5) is 0 Å². The molecule has 1 N–H and O–H groups in total. The topological polar surface area (TPSA) is 84.7 Å². The van der Waals surface area contributed by atoms with Gasteiger partial charge in [-0.1, -0.05) is 11.6 Å². The van der Waals surface area contributed by atoms with Crippen LogP contribution in [0.2, 0.25) is 5.02 Å². The maximum Gasteiger partial charge on any atom is 0.334 e. The number of nitrogens with zero attached hydrogens (tertiary/aromatic N) is 3. The lowest BCUT2D eigenvalue weighted by atomic mass is 10.2. The van der Waals surface area contributed by atoms with E-state index in [4.69, 9.17) is 21.4 Å². The Hall–Kier alpha value is -1.60. The first-order valence-corrected chi connectivity index (χ1v) is 6.67. The van der Waals surface area contributed by atoms with Crippen molar-refractivity contribution in [1.29, 1.82) is 0 Å². The van der Waals surface area contributed by atoms with Gasteiger partial charge in [-0.05, 0) is 6.92 Å². The van der Waals surface area contributed by atoms with Gasteiger partial charge in [0.15, 0.2) is 6.10 Å². The van der Waals surface area contributed by atoms with Crippen LogP contribution in [0.3, 0.4) is 0 Å². The molecule has 1 amide bonds. The smallest absolute Gasteiger partial charge is 0.334 e. The number of aliphatic carboxylic acids is 1. The molecule has 2 rings (SSSR count). The van der Waals surface area contributed by atoms with Crippen molar-refractivity contribution >= 4 is 23.5 Å². The first-order chi connectivity index (χ1) is 9.45. The molecule has 7 nitrogen and oxygen atoms in total. The van der Waals surface area contributed by atoms with E-state index in [0.29, 0.717) is 18.1 Å². The summed E-state index contributed by atoms with van der Waals surface area (Å²) in [5, 5.41) is 13.5. The second-order valence-electron chi connectivity index (χ2n) is 4.74. The highest BCUT2D eigenvalue weighted by Crippen LogP contribution is 2.13. The summed E-state index contributed by atoms with van der Waals surface area (Å²) in [4.78, 5) is 24.6. The summed E-state index contributed by atoms with van der Waals surface area (Å²) in [5.74, 6) is -1.16. The molecular formula is C12H16ClN3O4. The number of carbonyl (C=O) groups is 2. The number of aromatic nitrogens is 2. The molecule has 0 saturated carbocycles. The van der Waals surface area contributed by atoms with Gasteiger partial charge < -0.3 is 14.7 Å². The van der Waals surface area contributed by atoms with E-state index in [9.17, 15) is 9.59 Å². The molecule has 1 aromatic rings. The molecule has 1 aromatic heterocycles. The number of carboxylic acids is 1. The quantitative estimate of drug-likeness (QED) is 0.881. The number of hydrogen-bond acceptors (Lipinski definition) is 4. The van der Waals surface area contributed by atoms with Gasteiger partial charge in [0.1, 0.15) is 0 Å². The van der Waals surface area contributed by atoms with Crippen LogP contribution in [0.25, 0.3) is 0 Å². The van der Waals surface area contributed by atoms with E-state index in [1.165, 1.54) is 11.1 Å². The first kappa shape index (κ1) is 14.8. The zero-order chi connectivity index (χ0) is 14.7. The highest BCUT2D eigenvalue weighted by molar-refractivity contribution is 6.30. The summed E-state index contributed by atoms with van der Waals surface area (Å²) in [6, 6.07) is 0. The third-order valence-electron chi connectivity index (χ3n) is 3.04. The van der Waals surface area contributed by atoms with Gasteiger partial charge in [0, 0.05) is 25.7 Å². The molecule has 1 fully saturated rings. The van der Waals surface area contributed by atoms with Crippen LogP contribution >= 0.6 is 11.6 Å².